The zero-order chi connectivity index (χ0) is 20.3. The molecule has 0 aliphatic carbocycles. The van der Waals surface area contributed by atoms with E-state index in [0.29, 0.717) is 11.6 Å². The van der Waals surface area contributed by atoms with Gasteiger partial charge in [-0.25, -0.2) is 4.39 Å². The molecule has 1 amide bonds. The summed E-state index contributed by atoms with van der Waals surface area (Å²) in [6, 6.07) is 12.2. The maximum Gasteiger partial charge on any atom is 0.255 e. The van der Waals surface area contributed by atoms with E-state index < -0.39 is 0 Å². The van der Waals surface area contributed by atoms with E-state index in [0.717, 1.165) is 25.1 Å². The molecule has 0 spiro atoms. The van der Waals surface area contributed by atoms with Crippen LogP contribution in [-0.2, 0) is 12.8 Å². The van der Waals surface area contributed by atoms with E-state index in [1.807, 2.05) is 17.4 Å². The molecule has 28 heavy (non-hydrogen) atoms. The number of likely N-dealkylation sites (N-methyl/N-ethyl adjacent to an activating group) is 1. The Labute approximate surface area is 170 Å². The minimum absolute atomic E-state index is 0.230. The molecule has 1 heterocycles. The lowest BCUT2D eigenvalue weighted by molar-refractivity contribution is 0.102. The number of halogens is 1. The van der Waals surface area contributed by atoms with Gasteiger partial charge in [0.05, 0.1) is 0 Å². The first-order valence-electron chi connectivity index (χ1n) is 9.70. The van der Waals surface area contributed by atoms with Gasteiger partial charge < -0.3 is 10.2 Å². The number of anilines is 1. The van der Waals surface area contributed by atoms with Gasteiger partial charge in [0.15, 0.2) is 0 Å². The molecule has 0 aliphatic heterocycles. The third kappa shape index (κ3) is 4.59. The molecule has 2 aromatic carbocycles. The Morgan fingerprint density at radius 3 is 2.54 bits per heavy atom. The zero-order valence-corrected chi connectivity index (χ0v) is 17.7. The summed E-state index contributed by atoms with van der Waals surface area (Å²) in [6.45, 7) is 7.60. The average molecular weight is 399 g/mol. The molecule has 3 nitrogen and oxygen atoms in total. The highest BCUT2D eigenvalue weighted by Gasteiger charge is 2.14. The van der Waals surface area contributed by atoms with Gasteiger partial charge in [-0.1, -0.05) is 6.92 Å². The lowest BCUT2D eigenvalue weighted by Gasteiger charge is -2.21. The largest absolute Gasteiger partial charge is 0.322 e. The molecule has 0 bridgehead atoms. The summed E-state index contributed by atoms with van der Waals surface area (Å²) in [6.07, 6.45) is 2.00. The molecule has 0 unspecified atom stereocenters. The standard InChI is InChI=1S/C23H27FN2OS/c1-5-21-19(12-13-26(4)15(2)3)20-14-18(10-11-22(20)28-21)25-23(27)16-6-8-17(24)9-7-16/h6-11,14-15H,5,12-13H2,1-4H3,(H,25,27). The number of rotatable bonds is 7. The second-order valence-electron chi connectivity index (χ2n) is 7.35. The van der Waals surface area contributed by atoms with Crippen molar-refractivity contribution in [2.75, 3.05) is 18.9 Å². The van der Waals surface area contributed by atoms with E-state index >= 15 is 0 Å². The maximum atomic E-state index is 13.1. The topological polar surface area (TPSA) is 32.3 Å². The van der Waals surface area contributed by atoms with Crippen LogP contribution in [0.3, 0.4) is 0 Å². The summed E-state index contributed by atoms with van der Waals surface area (Å²) < 4.78 is 14.3. The Hall–Kier alpha value is -2.24. The van der Waals surface area contributed by atoms with Crippen molar-refractivity contribution in [3.8, 4) is 0 Å². The maximum absolute atomic E-state index is 13.1. The molecule has 3 rings (SSSR count). The van der Waals surface area contributed by atoms with E-state index in [-0.39, 0.29) is 11.7 Å². The summed E-state index contributed by atoms with van der Waals surface area (Å²) in [5.74, 6) is -0.578. The van der Waals surface area contributed by atoms with Gasteiger partial charge in [-0.2, -0.15) is 0 Å². The van der Waals surface area contributed by atoms with Gasteiger partial charge >= 0.3 is 0 Å². The van der Waals surface area contributed by atoms with E-state index in [1.165, 1.54) is 44.8 Å². The third-order valence-electron chi connectivity index (χ3n) is 5.16. The van der Waals surface area contributed by atoms with Crippen molar-refractivity contribution in [3.63, 3.8) is 0 Å². The van der Waals surface area contributed by atoms with E-state index in [9.17, 15) is 9.18 Å². The van der Waals surface area contributed by atoms with Gasteiger partial charge in [0.1, 0.15) is 5.82 Å². The molecule has 1 N–H and O–H groups in total. The van der Waals surface area contributed by atoms with Crippen LogP contribution in [0.15, 0.2) is 42.5 Å². The first-order valence-corrected chi connectivity index (χ1v) is 10.5. The molecule has 148 valence electrons. The second-order valence-corrected chi connectivity index (χ2v) is 8.49. The lowest BCUT2D eigenvalue weighted by atomic mass is 10.0. The summed E-state index contributed by atoms with van der Waals surface area (Å²) in [5.41, 5.74) is 2.59. The minimum atomic E-state index is -0.348. The number of hydrogen-bond donors (Lipinski definition) is 1. The average Bonchev–Trinajstić information content (AvgIpc) is 3.03. The quantitative estimate of drug-likeness (QED) is 0.550. The number of carbonyl (C=O) groups excluding carboxylic acids is 1. The van der Waals surface area contributed by atoms with Crippen LogP contribution in [0.5, 0.6) is 0 Å². The molecule has 0 atom stereocenters. The van der Waals surface area contributed by atoms with Crippen molar-refractivity contribution in [1.29, 1.82) is 0 Å². The summed E-state index contributed by atoms with van der Waals surface area (Å²) in [4.78, 5) is 16.2. The highest BCUT2D eigenvalue weighted by atomic mass is 32.1. The van der Waals surface area contributed by atoms with E-state index in [2.05, 4.69) is 50.2 Å². The predicted molar refractivity (Wildman–Crippen MR) is 117 cm³/mol. The van der Waals surface area contributed by atoms with Crippen LogP contribution in [0.1, 0.15) is 41.6 Å². The van der Waals surface area contributed by atoms with Gasteiger partial charge in [-0.3, -0.25) is 4.79 Å². The fraction of sp³-hybridized carbons (Fsp3) is 0.348. The molecule has 0 aliphatic rings. The summed E-state index contributed by atoms with van der Waals surface area (Å²) in [7, 11) is 2.15. The normalized spacial score (nSPS) is 11.5. The molecule has 0 saturated heterocycles. The molecule has 0 saturated carbocycles. The number of amides is 1. The van der Waals surface area contributed by atoms with Crippen LogP contribution in [-0.4, -0.2) is 30.4 Å². The molecular formula is C23H27FN2OS. The zero-order valence-electron chi connectivity index (χ0n) is 16.9. The Morgan fingerprint density at radius 1 is 1.18 bits per heavy atom. The highest BCUT2D eigenvalue weighted by Crippen LogP contribution is 2.34. The fourth-order valence-corrected chi connectivity index (χ4v) is 4.36. The lowest BCUT2D eigenvalue weighted by Crippen LogP contribution is -2.28. The molecule has 1 aromatic heterocycles. The number of thiophene rings is 1. The Kier molecular flexibility index (Phi) is 6.47. The second kappa shape index (κ2) is 8.84. The predicted octanol–water partition coefficient (Wildman–Crippen LogP) is 5.74. The van der Waals surface area contributed by atoms with Crippen molar-refractivity contribution in [3.05, 3.63) is 64.3 Å². The Bertz CT molecular complexity index is 963. The summed E-state index contributed by atoms with van der Waals surface area (Å²) >= 11 is 1.84. The van der Waals surface area contributed by atoms with Gasteiger partial charge in [-0.05, 0) is 87.2 Å². The number of aryl methyl sites for hydroxylation is 1. The number of fused-ring (bicyclic) bond motifs is 1. The van der Waals surface area contributed by atoms with Crippen LogP contribution in [0, 0.1) is 5.82 Å². The van der Waals surface area contributed by atoms with Crippen LogP contribution < -0.4 is 5.32 Å². The van der Waals surface area contributed by atoms with E-state index in [1.54, 1.807) is 0 Å². The first kappa shape index (κ1) is 20.5. The van der Waals surface area contributed by atoms with Gasteiger partial charge in [-0.15, -0.1) is 11.3 Å². The molecule has 5 heteroatoms. The Balaban J connectivity index is 1.85. The van der Waals surface area contributed by atoms with Crippen LogP contribution in [0.4, 0.5) is 10.1 Å². The minimum Gasteiger partial charge on any atom is -0.322 e. The first-order chi connectivity index (χ1) is 13.4. The molecular weight excluding hydrogens is 371 g/mol. The van der Waals surface area contributed by atoms with Crippen LogP contribution in [0.2, 0.25) is 0 Å². The van der Waals surface area contributed by atoms with Crippen LogP contribution in [0.25, 0.3) is 10.1 Å². The smallest absolute Gasteiger partial charge is 0.255 e. The highest BCUT2D eigenvalue weighted by molar-refractivity contribution is 7.19. The molecule has 0 fully saturated rings. The van der Waals surface area contributed by atoms with Crippen molar-refractivity contribution >= 4 is 33.0 Å². The van der Waals surface area contributed by atoms with Crippen LogP contribution >= 0.6 is 11.3 Å². The number of nitrogens with zero attached hydrogens (tertiary/aromatic N) is 1. The summed E-state index contributed by atoms with van der Waals surface area (Å²) in [5, 5.41) is 4.16. The SMILES string of the molecule is CCc1sc2ccc(NC(=O)c3ccc(F)cc3)cc2c1CCN(C)C(C)C. The van der Waals surface area contributed by atoms with Crippen molar-refractivity contribution in [2.45, 2.75) is 39.7 Å². The fourth-order valence-electron chi connectivity index (χ4n) is 3.19. The van der Waals surface area contributed by atoms with Crippen molar-refractivity contribution in [1.82, 2.24) is 4.90 Å². The van der Waals surface area contributed by atoms with Crippen molar-refractivity contribution in [2.24, 2.45) is 0 Å². The molecule has 0 radical (unpaired) electrons. The number of benzene rings is 2. The Morgan fingerprint density at radius 2 is 1.89 bits per heavy atom. The molecule has 3 aromatic rings. The number of carbonyl (C=O) groups is 1. The van der Waals surface area contributed by atoms with Gasteiger partial charge in [0.2, 0.25) is 0 Å². The monoisotopic (exact) mass is 398 g/mol. The van der Waals surface area contributed by atoms with Crippen molar-refractivity contribution < 1.29 is 9.18 Å². The van der Waals surface area contributed by atoms with Gasteiger partial charge in [0.25, 0.3) is 5.91 Å². The number of nitrogens with one attached hydrogen (secondary N) is 1. The number of hydrogen-bond acceptors (Lipinski definition) is 3. The van der Waals surface area contributed by atoms with E-state index in [4.69, 9.17) is 0 Å². The third-order valence-corrected chi connectivity index (χ3v) is 6.51. The van der Waals surface area contributed by atoms with Gasteiger partial charge in [0, 0.05) is 33.4 Å².